The van der Waals surface area contributed by atoms with Gasteiger partial charge in [-0.05, 0) is 30.0 Å². The summed E-state index contributed by atoms with van der Waals surface area (Å²) in [4.78, 5) is 11.8. The summed E-state index contributed by atoms with van der Waals surface area (Å²) in [7, 11) is 0. The van der Waals surface area contributed by atoms with Gasteiger partial charge < -0.3 is 5.32 Å². The van der Waals surface area contributed by atoms with E-state index >= 15 is 0 Å². The summed E-state index contributed by atoms with van der Waals surface area (Å²) in [6.45, 7) is 2.78. The largest absolute Gasteiger partial charge is 0.355 e. The maximum atomic E-state index is 13.2. The quantitative estimate of drug-likeness (QED) is 0.810. The van der Waals surface area contributed by atoms with E-state index in [0.29, 0.717) is 5.92 Å². The lowest BCUT2D eigenvalue weighted by Gasteiger charge is -2.12. The Morgan fingerprint density at radius 1 is 1.56 bits per heavy atom. The normalized spacial score (nSPS) is 35.8. The molecule has 2 fully saturated rings. The van der Waals surface area contributed by atoms with Crippen LogP contribution in [0.5, 0.6) is 0 Å². The van der Waals surface area contributed by atoms with Crippen LogP contribution >= 0.6 is 0 Å². The van der Waals surface area contributed by atoms with Crippen LogP contribution in [0.25, 0.3) is 0 Å². The summed E-state index contributed by atoms with van der Waals surface area (Å²) >= 11 is 0. The Morgan fingerprint density at radius 2 is 2.38 bits per heavy atom. The average Bonchev–Trinajstić information content (AvgIpc) is 2.84. The molecule has 0 spiro atoms. The maximum absolute atomic E-state index is 13.2. The predicted molar refractivity (Wildman–Crippen MR) is 58.4 cm³/mol. The van der Waals surface area contributed by atoms with Gasteiger partial charge in [-0.1, -0.05) is 19.1 Å². The molecule has 3 atom stereocenters. The molecule has 84 valence electrons. The van der Waals surface area contributed by atoms with E-state index in [1.54, 1.807) is 12.1 Å². The molecule has 3 heteroatoms. The van der Waals surface area contributed by atoms with E-state index in [1.165, 1.54) is 6.07 Å². The Balaban J connectivity index is 1.97. The molecule has 1 aliphatic carbocycles. The van der Waals surface area contributed by atoms with E-state index in [4.69, 9.17) is 0 Å². The molecule has 1 amide bonds. The minimum Gasteiger partial charge on any atom is -0.355 e. The SMILES string of the molecule is CCC12C(=O)NCC1C2c1cccc(F)c1. The maximum Gasteiger partial charge on any atom is 0.227 e. The minimum atomic E-state index is -0.242. The Hall–Kier alpha value is -1.38. The lowest BCUT2D eigenvalue weighted by atomic mass is 9.95. The molecule has 3 rings (SSSR count). The second-order valence-corrected chi connectivity index (χ2v) is 4.74. The molecule has 0 aromatic heterocycles. The van der Waals surface area contributed by atoms with E-state index in [1.807, 2.05) is 13.0 Å². The number of fused-ring (bicyclic) bond motifs is 1. The van der Waals surface area contributed by atoms with Crippen LogP contribution in [-0.4, -0.2) is 12.5 Å². The van der Waals surface area contributed by atoms with Gasteiger partial charge in [0.25, 0.3) is 0 Å². The lowest BCUT2D eigenvalue weighted by Crippen LogP contribution is -2.27. The van der Waals surface area contributed by atoms with Gasteiger partial charge in [-0.3, -0.25) is 4.79 Å². The van der Waals surface area contributed by atoms with Gasteiger partial charge in [0.15, 0.2) is 0 Å². The summed E-state index contributed by atoms with van der Waals surface area (Å²) in [5, 5.41) is 2.89. The highest BCUT2D eigenvalue weighted by Crippen LogP contribution is 2.68. The molecule has 16 heavy (non-hydrogen) atoms. The summed E-state index contributed by atoms with van der Waals surface area (Å²) in [6.07, 6.45) is 0.838. The van der Waals surface area contributed by atoms with Gasteiger partial charge in [0.1, 0.15) is 5.82 Å². The molecular weight excluding hydrogens is 205 g/mol. The molecule has 1 saturated heterocycles. The summed E-state index contributed by atoms with van der Waals surface area (Å²) in [6, 6.07) is 6.66. The Bertz CT molecular complexity index is 459. The molecule has 1 saturated carbocycles. The fraction of sp³-hybridized carbons (Fsp3) is 0.462. The highest BCUT2D eigenvalue weighted by Gasteiger charge is 2.71. The number of piperidine rings is 1. The van der Waals surface area contributed by atoms with Gasteiger partial charge in [0.2, 0.25) is 5.91 Å². The van der Waals surface area contributed by atoms with Crippen molar-refractivity contribution < 1.29 is 9.18 Å². The smallest absolute Gasteiger partial charge is 0.227 e. The third kappa shape index (κ3) is 1.03. The van der Waals surface area contributed by atoms with E-state index in [0.717, 1.165) is 18.5 Å². The molecular formula is C13H14FNO. The number of rotatable bonds is 2. The van der Waals surface area contributed by atoms with Crippen molar-refractivity contribution in [3.05, 3.63) is 35.6 Å². The number of halogens is 1. The molecule has 0 bridgehead atoms. The number of carbonyl (C=O) groups is 1. The fourth-order valence-electron chi connectivity index (χ4n) is 3.37. The first-order valence-corrected chi connectivity index (χ1v) is 5.74. The van der Waals surface area contributed by atoms with Gasteiger partial charge >= 0.3 is 0 Å². The van der Waals surface area contributed by atoms with E-state index in [2.05, 4.69) is 5.32 Å². The van der Waals surface area contributed by atoms with Crippen LogP contribution < -0.4 is 5.32 Å². The van der Waals surface area contributed by atoms with Gasteiger partial charge in [-0.25, -0.2) is 4.39 Å². The Morgan fingerprint density at radius 3 is 3.00 bits per heavy atom. The number of hydrogen-bond acceptors (Lipinski definition) is 1. The van der Waals surface area contributed by atoms with Crippen molar-refractivity contribution in [3.8, 4) is 0 Å². The van der Waals surface area contributed by atoms with Crippen molar-refractivity contribution >= 4 is 5.91 Å². The topological polar surface area (TPSA) is 29.1 Å². The highest BCUT2D eigenvalue weighted by atomic mass is 19.1. The molecule has 1 heterocycles. The van der Waals surface area contributed by atoms with Gasteiger partial charge in [0.05, 0.1) is 5.41 Å². The first-order chi connectivity index (χ1) is 7.70. The molecule has 1 aromatic rings. The van der Waals surface area contributed by atoms with Crippen LogP contribution in [0.4, 0.5) is 4.39 Å². The van der Waals surface area contributed by atoms with Crippen LogP contribution in [0.15, 0.2) is 24.3 Å². The Labute approximate surface area is 93.9 Å². The van der Waals surface area contributed by atoms with Crippen LogP contribution in [0.3, 0.4) is 0 Å². The third-order valence-corrected chi connectivity index (χ3v) is 4.21. The van der Waals surface area contributed by atoms with Crippen molar-refractivity contribution in [1.82, 2.24) is 5.32 Å². The standard InChI is InChI=1S/C13H14FNO/c1-2-13-10(7-15-12(13)16)11(13)8-4-3-5-9(14)6-8/h3-6,10-11H,2,7H2,1H3,(H,15,16). The number of amides is 1. The summed E-state index contributed by atoms with van der Waals surface area (Å²) < 4.78 is 13.2. The molecule has 2 aliphatic rings. The van der Waals surface area contributed by atoms with E-state index in [-0.39, 0.29) is 23.1 Å². The van der Waals surface area contributed by atoms with E-state index in [9.17, 15) is 9.18 Å². The molecule has 1 aromatic carbocycles. The Kier molecular flexibility index (Phi) is 1.88. The van der Waals surface area contributed by atoms with Crippen LogP contribution in [-0.2, 0) is 4.79 Å². The monoisotopic (exact) mass is 219 g/mol. The first kappa shape index (κ1) is 9.82. The van der Waals surface area contributed by atoms with Crippen molar-refractivity contribution in [2.45, 2.75) is 19.3 Å². The van der Waals surface area contributed by atoms with E-state index < -0.39 is 0 Å². The number of carbonyl (C=O) groups excluding carboxylic acids is 1. The first-order valence-electron chi connectivity index (χ1n) is 5.74. The van der Waals surface area contributed by atoms with Gasteiger partial charge in [-0.15, -0.1) is 0 Å². The zero-order chi connectivity index (χ0) is 11.3. The summed E-state index contributed by atoms with van der Waals surface area (Å²) in [5.41, 5.74) is 0.732. The second kappa shape index (κ2) is 3.06. The van der Waals surface area contributed by atoms with Gasteiger partial charge in [0, 0.05) is 12.5 Å². The van der Waals surface area contributed by atoms with Crippen molar-refractivity contribution in [1.29, 1.82) is 0 Å². The third-order valence-electron chi connectivity index (χ3n) is 4.21. The number of hydrogen-bond donors (Lipinski definition) is 1. The summed E-state index contributed by atoms with van der Waals surface area (Å²) in [5.74, 6) is 0.525. The average molecular weight is 219 g/mol. The number of benzene rings is 1. The van der Waals surface area contributed by atoms with Crippen molar-refractivity contribution in [3.63, 3.8) is 0 Å². The van der Waals surface area contributed by atoms with Crippen LogP contribution in [0.2, 0.25) is 0 Å². The zero-order valence-electron chi connectivity index (χ0n) is 9.16. The molecule has 2 nitrogen and oxygen atoms in total. The molecule has 1 N–H and O–H groups in total. The highest BCUT2D eigenvalue weighted by molar-refractivity contribution is 5.91. The fourth-order valence-corrected chi connectivity index (χ4v) is 3.37. The number of nitrogens with one attached hydrogen (secondary N) is 1. The molecule has 1 aliphatic heterocycles. The predicted octanol–water partition coefficient (Wildman–Crippen LogP) is 2.07. The van der Waals surface area contributed by atoms with Gasteiger partial charge in [-0.2, -0.15) is 0 Å². The lowest BCUT2D eigenvalue weighted by molar-refractivity contribution is -0.124. The molecule has 3 unspecified atom stereocenters. The second-order valence-electron chi connectivity index (χ2n) is 4.74. The van der Waals surface area contributed by atoms with Crippen molar-refractivity contribution in [2.24, 2.45) is 11.3 Å². The molecule has 0 radical (unpaired) electrons. The van der Waals surface area contributed by atoms with Crippen LogP contribution in [0, 0.1) is 17.2 Å². The minimum absolute atomic E-state index is 0.147. The van der Waals surface area contributed by atoms with Crippen molar-refractivity contribution in [2.75, 3.05) is 6.54 Å². The van der Waals surface area contributed by atoms with Crippen LogP contribution in [0.1, 0.15) is 24.8 Å². The zero-order valence-corrected chi connectivity index (χ0v) is 9.16.